The van der Waals surface area contributed by atoms with Crippen LogP contribution in [-0.2, 0) is 0 Å². The SMILES string of the molecule is Cc1cc(Cl)c(N(C)c2ccccc2N)cc1F. The molecular formula is C14H14ClFN2. The molecule has 0 aliphatic heterocycles. The molecule has 0 spiro atoms. The molecule has 18 heavy (non-hydrogen) atoms. The van der Waals surface area contributed by atoms with Gasteiger partial charge in [0, 0.05) is 7.05 Å². The third kappa shape index (κ3) is 2.27. The van der Waals surface area contributed by atoms with Crippen LogP contribution in [0.3, 0.4) is 0 Å². The Labute approximate surface area is 111 Å². The Kier molecular flexibility index (Phi) is 3.43. The van der Waals surface area contributed by atoms with Gasteiger partial charge < -0.3 is 10.6 Å². The van der Waals surface area contributed by atoms with E-state index in [2.05, 4.69) is 0 Å². The van der Waals surface area contributed by atoms with Crippen LogP contribution in [0.5, 0.6) is 0 Å². The smallest absolute Gasteiger partial charge is 0.128 e. The largest absolute Gasteiger partial charge is 0.397 e. The molecule has 94 valence electrons. The Morgan fingerprint density at radius 1 is 1.17 bits per heavy atom. The fourth-order valence-corrected chi connectivity index (χ4v) is 2.16. The minimum atomic E-state index is -0.282. The molecule has 2 aromatic rings. The second-order valence-corrected chi connectivity index (χ2v) is 4.58. The predicted octanol–water partition coefficient (Wildman–Crippen LogP) is 4.14. The zero-order chi connectivity index (χ0) is 13.3. The van der Waals surface area contributed by atoms with Gasteiger partial charge in [-0.05, 0) is 36.8 Å². The van der Waals surface area contributed by atoms with E-state index >= 15 is 0 Å². The Morgan fingerprint density at radius 3 is 2.50 bits per heavy atom. The highest BCUT2D eigenvalue weighted by atomic mass is 35.5. The molecule has 0 saturated carbocycles. The molecule has 0 aliphatic carbocycles. The molecule has 0 fully saturated rings. The minimum absolute atomic E-state index is 0.282. The molecule has 2 nitrogen and oxygen atoms in total. The van der Waals surface area contributed by atoms with Crippen molar-refractivity contribution in [1.82, 2.24) is 0 Å². The fourth-order valence-electron chi connectivity index (χ4n) is 1.82. The molecule has 4 heteroatoms. The summed E-state index contributed by atoms with van der Waals surface area (Å²) in [5, 5.41) is 0.500. The molecule has 0 heterocycles. The molecule has 0 amide bonds. The number of anilines is 3. The summed E-state index contributed by atoms with van der Waals surface area (Å²) >= 11 is 6.15. The van der Waals surface area contributed by atoms with Gasteiger partial charge in [0.1, 0.15) is 5.82 Å². The number of benzene rings is 2. The predicted molar refractivity (Wildman–Crippen MR) is 75.1 cm³/mol. The van der Waals surface area contributed by atoms with Crippen molar-refractivity contribution in [3.8, 4) is 0 Å². The second-order valence-electron chi connectivity index (χ2n) is 4.17. The lowest BCUT2D eigenvalue weighted by Gasteiger charge is -2.22. The van der Waals surface area contributed by atoms with Gasteiger partial charge in [0.2, 0.25) is 0 Å². The van der Waals surface area contributed by atoms with Gasteiger partial charge in [-0.15, -0.1) is 0 Å². The van der Waals surface area contributed by atoms with E-state index in [0.717, 1.165) is 5.69 Å². The average molecular weight is 265 g/mol. The molecule has 0 aromatic heterocycles. The molecule has 2 N–H and O–H groups in total. The van der Waals surface area contributed by atoms with Crippen molar-refractivity contribution in [1.29, 1.82) is 0 Å². The normalized spacial score (nSPS) is 10.4. The van der Waals surface area contributed by atoms with Crippen molar-refractivity contribution in [2.45, 2.75) is 6.92 Å². The average Bonchev–Trinajstić information content (AvgIpc) is 2.33. The van der Waals surface area contributed by atoms with E-state index in [4.69, 9.17) is 17.3 Å². The molecule has 0 saturated heterocycles. The van der Waals surface area contributed by atoms with Crippen LogP contribution >= 0.6 is 11.6 Å². The third-order valence-corrected chi connectivity index (χ3v) is 3.19. The van der Waals surface area contributed by atoms with Crippen LogP contribution in [0.2, 0.25) is 5.02 Å². The van der Waals surface area contributed by atoms with E-state index in [1.807, 2.05) is 25.2 Å². The molecule has 2 rings (SSSR count). The van der Waals surface area contributed by atoms with Crippen molar-refractivity contribution in [2.75, 3.05) is 17.7 Å². The highest BCUT2D eigenvalue weighted by Gasteiger charge is 2.13. The van der Waals surface area contributed by atoms with E-state index in [9.17, 15) is 4.39 Å². The van der Waals surface area contributed by atoms with E-state index in [0.29, 0.717) is 22.0 Å². The van der Waals surface area contributed by atoms with E-state index < -0.39 is 0 Å². The summed E-state index contributed by atoms with van der Waals surface area (Å²) < 4.78 is 13.6. The first-order valence-corrected chi connectivity index (χ1v) is 5.92. The lowest BCUT2D eigenvalue weighted by Crippen LogP contribution is -2.12. The maximum Gasteiger partial charge on any atom is 0.128 e. The Morgan fingerprint density at radius 2 is 1.83 bits per heavy atom. The number of nitrogens with zero attached hydrogens (tertiary/aromatic N) is 1. The van der Waals surface area contributed by atoms with Gasteiger partial charge in [-0.1, -0.05) is 23.7 Å². The molecule has 0 unspecified atom stereocenters. The van der Waals surface area contributed by atoms with Gasteiger partial charge in [-0.25, -0.2) is 4.39 Å². The Balaban J connectivity index is 2.50. The zero-order valence-corrected chi connectivity index (χ0v) is 11.0. The Hall–Kier alpha value is -1.74. The highest BCUT2D eigenvalue weighted by Crippen LogP contribution is 2.34. The molecule has 0 bridgehead atoms. The van der Waals surface area contributed by atoms with Gasteiger partial charge in [0.25, 0.3) is 0 Å². The summed E-state index contributed by atoms with van der Waals surface area (Å²) in [4.78, 5) is 1.78. The van der Waals surface area contributed by atoms with Crippen molar-refractivity contribution in [3.63, 3.8) is 0 Å². The van der Waals surface area contributed by atoms with Gasteiger partial charge >= 0.3 is 0 Å². The number of nitrogens with two attached hydrogens (primary N) is 1. The first-order chi connectivity index (χ1) is 8.50. The van der Waals surface area contributed by atoms with Crippen molar-refractivity contribution in [2.24, 2.45) is 0 Å². The quantitative estimate of drug-likeness (QED) is 0.826. The first-order valence-electron chi connectivity index (χ1n) is 5.54. The summed E-state index contributed by atoms with van der Waals surface area (Å²) in [6.07, 6.45) is 0. The van der Waals surface area contributed by atoms with Crippen LogP contribution in [0.4, 0.5) is 21.5 Å². The van der Waals surface area contributed by atoms with Crippen LogP contribution in [0, 0.1) is 12.7 Å². The Bertz CT molecular complexity index is 584. The summed E-state index contributed by atoms with van der Waals surface area (Å²) in [6, 6.07) is 10.4. The van der Waals surface area contributed by atoms with Crippen molar-refractivity contribution in [3.05, 3.63) is 52.8 Å². The number of hydrogen-bond acceptors (Lipinski definition) is 2. The summed E-state index contributed by atoms with van der Waals surface area (Å²) in [6.45, 7) is 1.68. The van der Waals surface area contributed by atoms with Crippen LogP contribution < -0.4 is 10.6 Å². The number of halogens is 2. The van der Waals surface area contributed by atoms with Crippen LogP contribution in [0.1, 0.15) is 5.56 Å². The number of aryl methyl sites for hydroxylation is 1. The van der Waals surface area contributed by atoms with Crippen LogP contribution in [-0.4, -0.2) is 7.05 Å². The molecule has 0 radical (unpaired) electrons. The summed E-state index contributed by atoms with van der Waals surface area (Å²) in [5.74, 6) is -0.282. The van der Waals surface area contributed by atoms with Crippen molar-refractivity contribution >= 4 is 28.7 Å². The number of rotatable bonds is 2. The van der Waals surface area contributed by atoms with E-state index in [-0.39, 0.29) is 5.82 Å². The van der Waals surface area contributed by atoms with E-state index in [1.165, 1.54) is 6.07 Å². The van der Waals surface area contributed by atoms with Crippen molar-refractivity contribution < 1.29 is 4.39 Å². The first kappa shape index (κ1) is 12.7. The monoisotopic (exact) mass is 264 g/mol. The highest BCUT2D eigenvalue weighted by molar-refractivity contribution is 6.33. The number of para-hydroxylation sites is 2. The number of hydrogen-bond donors (Lipinski definition) is 1. The maximum absolute atomic E-state index is 13.6. The van der Waals surface area contributed by atoms with Gasteiger partial charge in [0.05, 0.1) is 22.1 Å². The maximum atomic E-state index is 13.6. The third-order valence-electron chi connectivity index (χ3n) is 2.89. The van der Waals surface area contributed by atoms with Gasteiger partial charge in [-0.3, -0.25) is 0 Å². The van der Waals surface area contributed by atoms with E-state index in [1.54, 1.807) is 24.0 Å². The zero-order valence-electron chi connectivity index (χ0n) is 10.2. The topological polar surface area (TPSA) is 29.3 Å². The standard InChI is InChI=1S/C14H14ClFN2/c1-9-7-10(15)14(8-11(9)16)18(2)13-6-4-3-5-12(13)17/h3-8H,17H2,1-2H3. The lowest BCUT2D eigenvalue weighted by atomic mass is 10.2. The van der Waals surface area contributed by atoms with Gasteiger partial charge in [0.15, 0.2) is 0 Å². The molecule has 2 aromatic carbocycles. The molecule has 0 atom stereocenters. The molecule has 0 aliphatic rings. The molecular weight excluding hydrogens is 251 g/mol. The minimum Gasteiger partial charge on any atom is -0.397 e. The van der Waals surface area contributed by atoms with Crippen LogP contribution in [0.15, 0.2) is 36.4 Å². The summed E-state index contributed by atoms with van der Waals surface area (Å²) in [5.41, 5.74) is 8.44. The number of nitrogen functional groups attached to an aromatic ring is 1. The fraction of sp³-hybridized carbons (Fsp3) is 0.143. The second kappa shape index (κ2) is 4.86. The van der Waals surface area contributed by atoms with Gasteiger partial charge in [-0.2, -0.15) is 0 Å². The lowest BCUT2D eigenvalue weighted by molar-refractivity contribution is 0.618. The van der Waals surface area contributed by atoms with Crippen LogP contribution in [0.25, 0.3) is 0 Å². The summed E-state index contributed by atoms with van der Waals surface area (Å²) in [7, 11) is 1.81.